The van der Waals surface area contributed by atoms with Crippen LogP contribution < -0.4 is 10.6 Å². The molecule has 6 nitrogen and oxygen atoms in total. The predicted octanol–water partition coefficient (Wildman–Crippen LogP) is 1.59. The summed E-state index contributed by atoms with van der Waals surface area (Å²) in [7, 11) is 1.29. The fourth-order valence-electron chi connectivity index (χ4n) is 2.59. The molecular weight excluding hydrogens is 290 g/mol. The highest BCUT2D eigenvalue weighted by atomic mass is 32.1. The number of nitrogens with zero attached hydrogens (tertiary/aromatic N) is 2. The lowest BCUT2D eigenvalue weighted by atomic mass is 9.92. The van der Waals surface area contributed by atoms with Crippen molar-refractivity contribution >= 4 is 28.0 Å². The minimum atomic E-state index is -0.515. The Morgan fingerprint density at radius 2 is 2.19 bits per heavy atom. The Kier molecular flexibility index (Phi) is 4.70. The van der Waals surface area contributed by atoms with Crippen LogP contribution in [0.15, 0.2) is 0 Å². The SMILES string of the molecule is COC(=O)c1sc(N2CCC(C(C)O)CC2)c(C#N)c1N. The summed E-state index contributed by atoms with van der Waals surface area (Å²) < 4.78 is 4.70. The predicted molar refractivity (Wildman–Crippen MR) is 81.4 cm³/mol. The van der Waals surface area contributed by atoms with Crippen molar-refractivity contribution in [1.82, 2.24) is 0 Å². The van der Waals surface area contributed by atoms with E-state index in [2.05, 4.69) is 11.0 Å². The van der Waals surface area contributed by atoms with Crippen LogP contribution in [0.25, 0.3) is 0 Å². The lowest BCUT2D eigenvalue weighted by Crippen LogP contribution is -2.36. The molecule has 1 atom stereocenters. The zero-order valence-corrected chi connectivity index (χ0v) is 12.9. The largest absolute Gasteiger partial charge is 0.465 e. The standard InChI is InChI=1S/C14H19N3O3S/c1-8(18)9-3-5-17(6-4-9)13-10(7-15)11(16)12(21-13)14(19)20-2/h8-9,18H,3-6,16H2,1-2H3. The number of nitrogens with two attached hydrogens (primary N) is 1. The zero-order valence-electron chi connectivity index (χ0n) is 12.1. The van der Waals surface area contributed by atoms with Crippen LogP contribution in [0.3, 0.4) is 0 Å². The van der Waals surface area contributed by atoms with Gasteiger partial charge in [-0.2, -0.15) is 5.26 Å². The Balaban J connectivity index is 2.25. The topological polar surface area (TPSA) is 99.6 Å². The van der Waals surface area contributed by atoms with E-state index >= 15 is 0 Å². The van der Waals surface area contributed by atoms with E-state index in [1.165, 1.54) is 18.4 Å². The minimum Gasteiger partial charge on any atom is -0.465 e. The first-order valence-corrected chi connectivity index (χ1v) is 7.64. The number of ether oxygens (including phenoxy) is 1. The van der Waals surface area contributed by atoms with E-state index in [1.54, 1.807) is 6.92 Å². The Labute approximate surface area is 127 Å². The maximum absolute atomic E-state index is 11.7. The second-order valence-corrected chi connectivity index (χ2v) is 6.19. The number of thiophene rings is 1. The second kappa shape index (κ2) is 6.33. The highest BCUT2D eigenvalue weighted by Gasteiger charge is 2.28. The molecule has 1 fully saturated rings. The summed E-state index contributed by atoms with van der Waals surface area (Å²) in [5.41, 5.74) is 6.43. The van der Waals surface area contributed by atoms with Gasteiger partial charge in [-0.25, -0.2) is 4.79 Å². The molecule has 0 radical (unpaired) electrons. The molecule has 0 bridgehead atoms. The number of aliphatic hydroxyl groups excluding tert-OH is 1. The van der Waals surface area contributed by atoms with Gasteiger partial charge in [0.25, 0.3) is 0 Å². The maximum atomic E-state index is 11.7. The molecule has 114 valence electrons. The molecule has 1 aliphatic rings. The van der Waals surface area contributed by atoms with Crippen molar-refractivity contribution in [3.05, 3.63) is 10.4 Å². The van der Waals surface area contributed by atoms with E-state index in [4.69, 9.17) is 10.5 Å². The Morgan fingerprint density at radius 1 is 1.57 bits per heavy atom. The summed E-state index contributed by atoms with van der Waals surface area (Å²) >= 11 is 1.20. The number of methoxy groups -OCH3 is 1. The normalized spacial score (nSPS) is 17.3. The molecular formula is C14H19N3O3S. The van der Waals surface area contributed by atoms with Crippen molar-refractivity contribution in [2.75, 3.05) is 30.8 Å². The van der Waals surface area contributed by atoms with Gasteiger partial charge in [0.15, 0.2) is 0 Å². The number of nitriles is 1. The van der Waals surface area contributed by atoms with Crippen LogP contribution in [0.1, 0.15) is 35.0 Å². The van der Waals surface area contributed by atoms with E-state index in [9.17, 15) is 15.2 Å². The van der Waals surface area contributed by atoms with Gasteiger partial charge >= 0.3 is 5.97 Å². The quantitative estimate of drug-likeness (QED) is 0.822. The Morgan fingerprint density at radius 3 is 2.67 bits per heavy atom. The Hall–Kier alpha value is -1.78. The van der Waals surface area contributed by atoms with Crippen molar-refractivity contribution in [1.29, 1.82) is 5.26 Å². The highest BCUT2D eigenvalue weighted by Crippen LogP contribution is 2.39. The van der Waals surface area contributed by atoms with Crippen LogP contribution >= 0.6 is 11.3 Å². The van der Waals surface area contributed by atoms with Crippen LogP contribution in [-0.2, 0) is 4.74 Å². The lowest BCUT2D eigenvalue weighted by Gasteiger charge is -2.34. The van der Waals surface area contributed by atoms with Gasteiger partial charge in [0, 0.05) is 13.1 Å². The van der Waals surface area contributed by atoms with E-state index < -0.39 is 5.97 Å². The number of anilines is 2. The van der Waals surface area contributed by atoms with E-state index in [0.717, 1.165) is 30.9 Å². The average molecular weight is 309 g/mol. The summed E-state index contributed by atoms with van der Waals surface area (Å²) in [5.74, 6) is -0.233. The third-order valence-corrected chi connectivity index (χ3v) is 5.16. The van der Waals surface area contributed by atoms with E-state index in [1.807, 2.05) is 0 Å². The number of aliphatic hydroxyl groups is 1. The molecule has 0 aromatic carbocycles. The third kappa shape index (κ3) is 2.96. The number of carbonyl (C=O) groups excluding carboxylic acids is 1. The number of nitrogen functional groups attached to an aromatic ring is 1. The van der Waals surface area contributed by atoms with Crippen LogP contribution in [0.4, 0.5) is 10.7 Å². The maximum Gasteiger partial charge on any atom is 0.350 e. The number of hydrogen-bond acceptors (Lipinski definition) is 7. The summed E-state index contributed by atoms with van der Waals surface area (Å²) in [6.07, 6.45) is 1.39. The highest BCUT2D eigenvalue weighted by molar-refractivity contribution is 7.18. The lowest BCUT2D eigenvalue weighted by molar-refractivity contribution is 0.0607. The number of piperidine rings is 1. The van der Waals surface area contributed by atoms with Gasteiger partial charge in [-0.05, 0) is 25.7 Å². The molecule has 0 aliphatic carbocycles. The molecule has 21 heavy (non-hydrogen) atoms. The van der Waals surface area contributed by atoms with E-state index in [-0.39, 0.29) is 22.6 Å². The minimum absolute atomic E-state index is 0.196. The third-order valence-electron chi connectivity index (χ3n) is 3.92. The van der Waals surface area contributed by atoms with Crippen LogP contribution in [0.2, 0.25) is 0 Å². The molecule has 0 spiro atoms. The van der Waals surface area contributed by atoms with Crippen molar-refractivity contribution in [2.24, 2.45) is 5.92 Å². The summed E-state index contributed by atoms with van der Waals surface area (Å²) in [6, 6.07) is 2.08. The fraction of sp³-hybridized carbons (Fsp3) is 0.571. The molecule has 7 heteroatoms. The molecule has 0 amide bonds. The van der Waals surface area contributed by atoms with E-state index in [0.29, 0.717) is 5.56 Å². The van der Waals surface area contributed by atoms with Crippen LogP contribution in [0, 0.1) is 17.2 Å². The first-order valence-electron chi connectivity index (χ1n) is 6.83. The van der Waals surface area contributed by atoms with Crippen LogP contribution in [0.5, 0.6) is 0 Å². The summed E-state index contributed by atoms with van der Waals surface area (Å²) in [5, 5.41) is 19.7. The van der Waals surface area contributed by atoms with Gasteiger partial charge in [-0.3, -0.25) is 0 Å². The average Bonchev–Trinajstić information content (AvgIpc) is 2.83. The van der Waals surface area contributed by atoms with Crippen molar-refractivity contribution in [3.63, 3.8) is 0 Å². The van der Waals surface area contributed by atoms with Gasteiger partial charge < -0.3 is 20.5 Å². The molecule has 2 rings (SSSR count). The zero-order chi connectivity index (χ0) is 15.6. The monoisotopic (exact) mass is 309 g/mol. The molecule has 1 aliphatic heterocycles. The number of esters is 1. The van der Waals surface area contributed by atoms with Gasteiger partial charge in [-0.15, -0.1) is 11.3 Å². The summed E-state index contributed by atoms with van der Waals surface area (Å²) in [4.78, 5) is 14.0. The van der Waals surface area contributed by atoms with Gasteiger partial charge in [-0.1, -0.05) is 0 Å². The number of rotatable bonds is 3. The molecule has 2 heterocycles. The first kappa shape index (κ1) is 15.6. The second-order valence-electron chi connectivity index (χ2n) is 5.19. The number of hydrogen-bond donors (Lipinski definition) is 2. The molecule has 1 aromatic heterocycles. The van der Waals surface area contributed by atoms with Gasteiger partial charge in [0.2, 0.25) is 0 Å². The fourth-order valence-corrected chi connectivity index (χ4v) is 3.73. The van der Waals surface area contributed by atoms with Gasteiger partial charge in [0.05, 0.1) is 18.9 Å². The van der Waals surface area contributed by atoms with Crippen LogP contribution in [-0.4, -0.2) is 37.4 Å². The van der Waals surface area contributed by atoms with Gasteiger partial charge in [0.1, 0.15) is 21.5 Å². The van der Waals surface area contributed by atoms with Crippen molar-refractivity contribution in [3.8, 4) is 6.07 Å². The van der Waals surface area contributed by atoms with Crippen molar-refractivity contribution < 1.29 is 14.6 Å². The Bertz CT molecular complexity index is 569. The summed E-state index contributed by atoms with van der Waals surface area (Å²) in [6.45, 7) is 3.29. The van der Waals surface area contributed by atoms with Crippen molar-refractivity contribution in [2.45, 2.75) is 25.9 Å². The molecule has 1 unspecified atom stereocenters. The molecule has 1 saturated heterocycles. The molecule has 0 saturated carbocycles. The molecule has 1 aromatic rings. The first-order chi connectivity index (χ1) is 9.99. The number of carbonyl (C=O) groups is 1. The molecule has 3 N–H and O–H groups in total. The smallest absolute Gasteiger partial charge is 0.350 e.